The van der Waals surface area contributed by atoms with Crippen molar-refractivity contribution in [2.75, 3.05) is 0 Å². The summed E-state index contributed by atoms with van der Waals surface area (Å²) in [5, 5.41) is 0. The summed E-state index contributed by atoms with van der Waals surface area (Å²) in [6, 6.07) is 10.6. The molecule has 0 spiro atoms. The fraction of sp³-hybridized carbons (Fsp3) is 0.200. The van der Waals surface area contributed by atoms with Gasteiger partial charge in [0.2, 0.25) is 0 Å². The fourth-order valence-corrected chi connectivity index (χ4v) is 1.97. The molecular weight excluding hydrogens is 180 g/mol. The number of allylic oxidation sites excluding steroid dienone is 6. The third-order valence-corrected chi connectivity index (χ3v) is 2.76. The summed E-state index contributed by atoms with van der Waals surface area (Å²) >= 11 is 0. The SMILES string of the molecule is CC(C)=C1C=CC=CC1c1ccccc1. The van der Waals surface area contributed by atoms with E-state index in [4.69, 9.17) is 0 Å². The summed E-state index contributed by atoms with van der Waals surface area (Å²) in [5.74, 6) is 0.432. The summed E-state index contributed by atoms with van der Waals surface area (Å²) in [6.45, 7) is 4.35. The molecule has 76 valence electrons. The van der Waals surface area contributed by atoms with Gasteiger partial charge in [-0.1, -0.05) is 60.2 Å². The largest absolute Gasteiger partial charge is 0.0727 e. The van der Waals surface area contributed by atoms with Crippen LogP contribution in [0.15, 0.2) is 65.8 Å². The van der Waals surface area contributed by atoms with E-state index < -0.39 is 0 Å². The van der Waals surface area contributed by atoms with Crippen LogP contribution in [0.25, 0.3) is 0 Å². The zero-order valence-corrected chi connectivity index (χ0v) is 9.27. The Morgan fingerprint density at radius 3 is 2.40 bits per heavy atom. The highest BCUT2D eigenvalue weighted by Gasteiger charge is 2.13. The van der Waals surface area contributed by atoms with Gasteiger partial charge in [0.15, 0.2) is 0 Å². The summed E-state index contributed by atoms with van der Waals surface area (Å²) in [5.41, 5.74) is 4.18. The van der Waals surface area contributed by atoms with Crippen LogP contribution in [-0.2, 0) is 0 Å². The van der Waals surface area contributed by atoms with Crippen LogP contribution >= 0.6 is 0 Å². The molecule has 0 N–H and O–H groups in total. The first-order chi connectivity index (χ1) is 7.29. The molecule has 1 aliphatic rings. The van der Waals surface area contributed by atoms with Gasteiger partial charge in [-0.2, -0.15) is 0 Å². The lowest BCUT2D eigenvalue weighted by Gasteiger charge is -2.19. The maximum Gasteiger partial charge on any atom is 0.0271 e. The molecule has 15 heavy (non-hydrogen) atoms. The number of benzene rings is 1. The van der Waals surface area contributed by atoms with Crippen LogP contribution in [0, 0.1) is 0 Å². The number of rotatable bonds is 1. The Hall–Kier alpha value is -1.56. The monoisotopic (exact) mass is 196 g/mol. The second-order valence-electron chi connectivity index (χ2n) is 4.09. The van der Waals surface area contributed by atoms with E-state index in [-0.39, 0.29) is 0 Å². The Morgan fingerprint density at radius 2 is 1.73 bits per heavy atom. The van der Waals surface area contributed by atoms with E-state index in [2.05, 4.69) is 68.5 Å². The molecule has 1 aromatic rings. The Morgan fingerprint density at radius 1 is 1.00 bits per heavy atom. The highest BCUT2D eigenvalue weighted by molar-refractivity contribution is 5.45. The Bertz CT molecular complexity index is 415. The predicted molar refractivity (Wildman–Crippen MR) is 65.8 cm³/mol. The topological polar surface area (TPSA) is 0 Å². The van der Waals surface area contributed by atoms with Crippen molar-refractivity contribution < 1.29 is 0 Å². The lowest BCUT2D eigenvalue weighted by molar-refractivity contribution is 0.988. The first-order valence-corrected chi connectivity index (χ1v) is 5.36. The van der Waals surface area contributed by atoms with Crippen molar-refractivity contribution in [3.63, 3.8) is 0 Å². The zero-order valence-electron chi connectivity index (χ0n) is 9.27. The molecular formula is C15H16. The van der Waals surface area contributed by atoms with E-state index in [0.717, 1.165) is 0 Å². The minimum absolute atomic E-state index is 0.432. The van der Waals surface area contributed by atoms with Gasteiger partial charge in [-0.25, -0.2) is 0 Å². The average Bonchev–Trinajstić information content (AvgIpc) is 2.30. The van der Waals surface area contributed by atoms with E-state index in [0.29, 0.717) is 5.92 Å². The van der Waals surface area contributed by atoms with E-state index in [9.17, 15) is 0 Å². The third kappa shape index (κ3) is 2.10. The molecule has 0 fully saturated rings. The molecule has 0 heteroatoms. The molecule has 0 amide bonds. The van der Waals surface area contributed by atoms with Crippen molar-refractivity contribution in [1.82, 2.24) is 0 Å². The van der Waals surface area contributed by atoms with Crippen molar-refractivity contribution in [1.29, 1.82) is 0 Å². The van der Waals surface area contributed by atoms with Crippen LogP contribution in [0.1, 0.15) is 25.3 Å². The van der Waals surface area contributed by atoms with Crippen LogP contribution < -0.4 is 0 Å². The molecule has 0 heterocycles. The standard InChI is InChI=1S/C15H16/c1-12(2)14-10-6-7-11-15(14)13-8-4-3-5-9-13/h3-11,15H,1-2H3. The summed E-state index contributed by atoms with van der Waals surface area (Å²) in [7, 11) is 0. The van der Waals surface area contributed by atoms with Gasteiger partial charge >= 0.3 is 0 Å². The Balaban J connectivity index is 2.41. The quantitative estimate of drug-likeness (QED) is 0.630. The van der Waals surface area contributed by atoms with Gasteiger partial charge in [-0.15, -0.1) is 0 Å². The molecule has 1 aromatic carbocycles. The average molecular weight is 196 g/mol. The summed E-state index contributed by atoms with van der Waals surface area (Å²) in [4.78, 5) is 0. The smallest absolute Gasteiger partial charge is 0.0271 e. The van der Waals surface area contributed by atoms with Crippen molar-refractivity contribution in [2.45, 2.75) is 19.8 Å². The van der Waals surface area contributed by atoms with Crippen LogP contribution in [0.4, 0.5) is 0 Å². The lowest BCUT2D eigenvalue weighted by Crippen LogP contribution is -2.01. The van der Waals surface area contributed by atoms with Crippen molar-refractivity contribution in [3.8, 4) is 0 Å². The van der Waals surface area contributed by atoms with Gasteiger partial charge in [0, 0.05) is 5.92 Å². The summed E-state index contributed by atoms with van der Waals surface area (Å²) in [6.07, 6.45) is 8.72. The van der Waals surface area contributed by atoms with Gasteiger partial charge in [0.1, 0.15) is 0 Å². The van der Waals surface area contributed by atoms with E-state index in [1.54, 1.807) is 0 Å². The normalized spacial score (nSPS) is 19.3. The zero-order chi connectivity index (χ0) is 10.7. The van der Waals surface area contributed by atoms with Crippen LogP contribution in [-0.4, -0.2) is 0 Å². The van der Waals surface area contributed by atoms with Crippen LogP contribution in [0.3, 0.4) is 0 Å². The van der Waals surface area contributed by atoms with Gasteiger partial charge in [0.05, 0.1) is 0 Å². The number of hydrogen-bond acceptors (Lipinski definition) is 0. The minimum atomic E-state index is 0.432. The van der Waals surface area contributed by atoms with E-state index in [1.165, 1.54) is 16.7 Å². The first-order valence-electron chi connectivity index (χ1n) is 5.36. The lowest BCUT2D eigenvalue weighted by atomic mass is 9.86. The van der Waals surface area contributed by atoms with Crippen molar-refractivity contribution >= 4 is 0 Å². The predicted octanol–water partition coefficient (Wildman–Crippen LogP) is 4.23. The highest BCUT2D eigenvalue weighted by Crippen LogP contribution is 2.31. The fourth-order valence-electron chi connectivity index (χ4n) is 1.97. The second kappa shape index (κ2) is 4.31. The van der Waals surface area contributed by atoms with Crippen LogP contribution in [0.5, 0.6) is 0 Å². The molecule has 2 rings (SSSR count). The first kappa shape index (κ1) is 9.97. The molecule has 0 aliphatic heterocycles. The molecule has 1 atom stereocenters. The molecule has 1 unspecified atom stereocenters. The molecule has 0 radical (unpaired) electrons. The maximum absolute atomic E-state index is 2.26. The molecule has 0 bridgehead atoms. The molecule has 0 saturated carbocycles. The van der Waals surface area contributed by atoms with Gasteiger partial charge in [-0.3, -0.25) is 0 Å². The van der Waals surface area contributed by atoms with E-state index >= 15 is 0 Å². The van der Waals surface area contributed by atoms with Gasteiger partial charge in [-0.05, 0) is 25.0 Å². The van der Waals surface area contributed by atoms with Crippen molar-refractivity contribution in [2.24, 2.45) is 0 Å². The van der Waals surface area contributed by atoms with Gasteiger partial charge < -0.3 is 0 Å². The van der Waals surface area contributed by atoms with Crippen molar-refractivity contribution in [3.05, 3.63) is 71.3 Å². The van der Waals surface area contributed by atoms with Crippen LogP contribution in [0.2, 0.25) is 0 Å². The minimum Gasteiger partial charge on any atom is -0.0727 e. The second-order valence-corrected chi connectivity index (χ2v) is 4.09. The van der Waals surface area contributed by atoms with E-state index in [1.807, 2.05) is 0 Å². The number of hydrogen-bond donors (Lipinski definition) is 0. The third-order valence-electron chi connectivity index (χ3n) is 2.76. The highest BCUT2D eigenvalue weighted by atomic mass is 14.2. The summed E-state index contributed by atoms with van der Waals surface area (Å²) < 4.78 is 0. The molecule has 0 nitrogen and oxygen atoms in total. The Labute approximate surface area is 91.6 Å². The molecule has 1 aliphatic carbocycles. The Kier molecular flexibility index (Phi) is 2.86. The molecule has 0 saturated heterocycles. The maximum atomic E-state index is 2.26. The van der Waals surface area contributed by atoms with Gasteiger partial charge in [0.25, 0.3) is 0 Å². The molecule has 0 aromatic heterocycles.